The summed E-state index contributed by atoms with van der Waals surface area (Å²) in [5, 5.41) is 32.1. The van der Waals surface area contributed by atoms with Crippen LogP contribution in [0.2, 0.25) is 0 Å². The number of phenols is 1. The van der Waals surface area contributed by atoms with Crippen molar-refractivity contribution in [2.75, 3.05) is 7.05 Å². The first-order valence-corrected chi connectivity index (χ1v) is 17.7. The number of fused-ring (bicyclic) bond motifs is 2. The molecule has 0 saturated carbocycles. The monoisotopic (exact) mass is 686 g/mol. The van der Waals surface area contributed by atoms with E-state index >= 15 is 0 Å². The average Bonchev–Trinajstić information content (AvgIpc) is 3.02. The van der Waals surface area contributed by atoms with E-state index in [4.69, 9.17) is 5.26 Å². The maximum Gasteiger partial charge on any atom is 0.294 e. The van der Waals surface area contributed by atoms with Crippen molar-refractivity contribution in [1.82, 2.24) is 0 Å². The lowest BCUT2D eigenvalue weighted by atomic mass is 10.0. The van der Waals surface area contributed by atoms with Gasteiger partial charge in [0.25, 0.3) is 10.1 Å². The minimum atomic E-state index is -4.44. The molecule has 5 aromatic rings. The Morgan fingerprint density at radius 1 is 0.804 bits per heavy atom. The lowest BCUT2D eigenvalue weighted by Crippen LogP contribution is -2.07. The minimum Gasteiger partial charge on any atom is -0.507 e. The predicted molar refractivity (Wildman–Crippen MR) is 179 cm³/mol. The van der Waals surface area contributed by atoms with E-state index in [-0.39, 0.29) is 21.3 Å². The zero-order valence-corrected chi connectivity index (χ0v) is 28.1. The van der Waals surface area contributed by atoms with Gasteiger partial charge in [-0.3, -0.25) is 4.55 Å². The van der Waals surface area contributed by atoms with Gasteiger partial charge in [-0.05, 0) is 72.1 Å². The van der Waals surface area contributed by atoms with Gasteiger partial charge in [-0.25, -0.2) is 13.7 Å². The van der Waals surface area contributed by atoms with E-state index in [1.54, 1.807) is 49.5 Å². The molecule has 0 spiro atoms. The van der Waals surface area contributed by atoms with Crippen LogP contribution < -0.4 is 0 Å². The molecule has 5 rings (SSSR count). The van der Waals surface area contributed by atoms with Crippen molar-refractivity contribution in [3.05, 3.63) is 102 Å². The van der Waals surface area contributed by atoms with Gasteiger partial charge >= 0.3 is 0 Å². The molecule has 0 aliphatic rings. The molecule has 0 amide bonds. The van der Waals surface area contributed by atoms with Gasteiger partial charge < -0.3 is 5.11 Å². The molecule has 244 valence electrons. The van der Waals surface area contributed by atoms with Crippen molar-refractivity contribution in [2.45, 2.75) is 48.1 Å². The van der Waals surface area contributed by atoms with E-state index in [9.17, 15) is 26.5 Å². The second-order valence-electron chi connectivity index (χ2n) is 9.65. The van der Waals surface area contributed by atoms with E-state index in [1.807, 2.05) is 39.8 Å². The summed E-state index contributed by atoms with van der Waals surface area (Å²) in [7, 11) is -6.51. The number of hydrogen-bond donors (Lipinski definition) is 3. The van der Waals surface area contributed by atoms with E-state index in [2.05, 4.69) is 19.6 Å². The maximum absolute atomic E-state index is 12.7. The first-order valence-electron chi connectivity index (χ1n) is 13.8. The highest BCUT2D eigenvalue weighted by atomic mass is 32.2. The molecule has 3 N–H and O–H groups in total. The van der Waals surface area contributed by atoms with Crippen LogP contribution in [0.4, 0.5) is 5.69 Å². The normalized spacial score (nSPS) is 11.6. The molecular weight excluding hydrogens is 653 g/mol. The Balaban J connectivity index is 0.000000246. The van der Waals surface area contributed by atoms with Crippen LogP contribution >= 0.6 is 12.0 Å². The van der Waals surface area contributed by atoms with Crippen LogP contribution in [0.15, 0.2) is 110 Å². The third-order valence-corrected chi connectivity index (χ3v) is 9.64. The highest BCUT2D eigenvalue weighted by Gasteiger charge is 2.20. The number of aryl methyl sites for hydroxylation is 2. The third-order valence-electron chi connectivity index (χ3n) is 6.57. The van der Waals surface area contributed by atoms with Crippen LogP contribution in [0.5, 0.6) is 5.75 Å². The molecule has 0 aliphatic heterocycles. The van der Waals surface area contributed by atoms with Crippen molar-refractivity contribution < 1.29 is 41.1 Å². The number of azo groups is 1. The van der Waals surface area contributed by atoms with Crippen LogP contribution in [0.1, 0.15) is 30.5 Å². The number of rotatable bonds is 8. The number of phenolic OH excluding ortho intramolecular Hbond substituents is 1. The Bertz CT molecular complexity index is 2070. The van der Waals surface area contributed by atoms with Gasteiger partial charge in [-0.15, -0.1) is 4.33 Å². The van der Waals surface area contributed by atoms with Gasteiger partial charge in [-0.1, -0.05) is 73.0 Å². The number of benzene rings is 5. The summed E-state index contributed by atoms with van der Waals surface area (Å²) in [6, 6.07) is 22.8. The van der Waals surface area contributed by atoms with Gasteiger partial charge in [0.15, 0.2) is 9.84 Å². The maximum atomic E-state index is 12.7. The Morgan fingerprint density at radius 3 is 2.11 bits per heavy atom. The molecule has 0 fully saturated rings. The minimum absolute atomic E-state index is 0.0918. The van der Waals surface area contributed by atoms with E-state index in [0.717, 1.165) is 28.6 Å². The lowest BCUT2D eigenvalue weighted by Gasteiger charge is -2.10. The largest absolute Gasteiger partial charge is 0.507 e. The molecule has 11 nitrogen and oxygen atoms in total. The van der Waals surface area contributed by atoms with Crippen LogP contribution in [-0.4, -0.2) is 38.8 Å². The smallest absolute Gasteiger partial charge is 0.294 e. The standard InChI is InChI=1S/C18H16O5S2.C12H12N2O4S.C2H6/c1-13-6-8-16(9-7-13)24(19,20)12-15-11-17(25(21,22)23)10-14-4-2-3-5-18(14)15;1-7-3-4-9-10(12(7)14-13-2)5-8(6-11(9)15)19-18-17-16;1-2/h2-11H,12H2,1H3,(H,21,22,23);3-6,15-16H,1-2H3;1-2H3. The lowest BCUT2D eigenvalue weighted by molar-refractivity contribution is -0.432. The fourth-order valence-corrected chi connectivity index (χ4v) is 6.85. The quantitative estimate of drug-likeness (QED) is 0.0473. The Labute approximate surface area is 272 Å². The van der Waals surface area contributed by atoms with Crippen LogP contribution in [-0.2, 0) is 35.1 Å². The summed E-state index contributed by atoms with van der Waals surface area (Å²) in [4.78, 5) is 0.414. The first-order chi connectivity index (χ1) is 21.8. The SMILES string of the molecule is CC.CN=Nc1c(C)ccc2c(O)cc(SOOO)cc12.Cc1ccc(S(=O)(=O)Cc2cc(S(=O)(=O)O)cc3ccccc23)cc1. The molecule has 0 heterocycles. The molecule has 0 aliphatic carbocycles. The summed E-state index contributed by atoms with van der Waals surface area (Å²) in [5.74, 6) is -0.269. The topological polar surface area (TPSA) is 172 Å². The molecule has 5 aromatic carbocycles. The van der Waals surface area contributed by atoms with Crippen LogP contribution in [0.3, 0.4) is 0 Å². The summed E-state index contributed by atoms with van der Waals surface area (Å²) in [6.45, 7) is 7.77. The molecular formula is C32H34N2O9S3. The van der Waals surface area contributed by atoms with Gasteiger partial charge in [-0.2, -0.15) is 18.6 Å². The average molecular weight is 687 g/mol. The Morgan fingerprint density at radius 2 is 1.48 bits per heavy atom. The number of sulfone groups is 1. The molecule has 0 atom stereocenters. The van der Waals surface area contributed by atoms with E-state index in [0.29, 0.717) is 32.3 Å². The fraction of sp³-hybridized carbons (Fsp3) is 0.188. The van der Waals surface area contributed by atoms with E-state index < -0.39 is 20.0 Å². The highest BCUT2D eigenvalue weighted by molar-refractivity contribution is 7.94. The summed E-state index contributed by atoms with van der Waals surface area (Å²) in [6.07, 6.45) is 0. The first kappa shape index (κ1) is 36.6. The highest BCUT2D eigenvalue weighted by Crippen LogP contribution is 2.38. The van der Waals surface area contributed by atoms with E-state index in [1.165, 1.54) is 30.3 Å². The molecule has 0 radical (unpaired) electrons. The second-order valence-corrected chi connectivity index (χ2v) is 13.8. The van der Waals surface area contributed by atoms with Crippen molar-refractivity contribution in [3.63, 3.8) is 0 Å². The zero-order chi connectivity index (χ0) is 34.1. The van der Waals surface area contributed by atoms with Crippen molar-refractivity contribution in [2.24, 2.45) is 10.2 Å². The molecule has 46 heavy (non-hydrogen) atoms. The second kappa shape index (κ2) is 16.1. The van der Waals surface area contributed by atoms with Crippen LogP contribution in [0.25, 0.3) is 21.5 Å². The number of nitrogens with zero attached hydrogens (tertiary/aromatic N) is 2. The van der Waals surface area contributed by atoms with Gasteiger partial charge in [0.05, 0.1) is 33.3 Å². The van der Waals surface area contributed by atoms with Crippen LogP contribution in [0, 0.1) is 13.8 Å². The Hall–Kier alpha value is -3.89. The summed E-state index contributed by atoms with van der Waals surface area (Å²) in [5.41, 5.74) is 2.89. The molecule has 0 bridgehead atoms. The van der Waals surface area contributed by atoms with Gasteiger partial charge in [0, 0.05) is 22.7 Å². The summed E-state index contributed by atoms with van der Waals surface area (Å²) < 4.78 is 62.1. The molecule has 0 aromatic heterocycles. The third kappa shape index (κ3) is 9.10. The zero-order valence-electron chi connectivity index (χ0n) is 25.7. The molecule has 14 heteroatoms. The summed E-state index contributed by atoms with van der Waals surface area (Å²) >= 11 is 0.778. The van der Waals surface area contributed by atoms with Gasteiger partial charge in [0.1, 0.15) is 5.75 Å². The van der Waals surface area contributed by atoms with Crippen molar-refractivity contribution >= 4 is 59.2 Å². The Kier molecular flexibility index (Phi) is 12.8. The fourth-order valence-electron chi connectivity index (χ4n) is 4.48. The number of hydrogen-bond acceptors (Lipinski definition) is 11. The van der Waals surface area contributed by atoms with Crippen molar-refractivity contribution in [3.8, 4) is 5.75 Å². The van der Waals surface area contributed by atoms with Crippen molar-refractivity contribution in [1.29, 1.82) is 0 Å². The molecule has 0 unspecified atom stereocenters. The predicted octanol–water partition coefficient (Wildman–Crippen LogP) is 8.39. The number of aromatic hydroxyl groups is 1. The molecule has 0 saturated heterocycles. The van der Waals surface area contributed by atoms with Gasteiger partial charge in [0.2, 0.25) is 0 Å².